The zero-order valence-corrected chi connectivity index (χ0v) is 15.0. The van der Waals surface area contributed by atoms with Gasteiger partial charge in [0.05, 0.1) is 6.10 Å². The van der Waals surface area contributed by atoms with E-state index in [4.69, 9.17) is 14.6 Å². The Kier molecular flexibility index (Phi) is 5.37. The quantitative estimate of drug-likeness (QED) is 0.813. The van der Waals surface area contributed by atoms with Crippen LogP contribution < -0.4 is 10.2 Å². The highest BCUT2D eigenvalue weighted by atomic mass is 28.4. The van der Waals surface area contributed by atoms with E-state index in [1.165, 1.54) is 0 Å². The van der Waals surface area contributed by atoms with E-state index in [1.54, 1.807) is 0 Å². The van der Waals surface area contributed by atoms with Crippen molar-refractivity contribution in [2.24, 2.45) is 5.73 Å². The zero-order valence-electron chi connectivity index (χ0n) is 13.0. The van der Waals surface area contributed by atoms with Gasteiger partial charge < -0.3 is 14.6 Å². The second-order valence-electron chi connectivity index (χ2n) is 6.74. The smallest absolute Gasteiger partial charge is 0.242 e. The first kappa shape index (κ1) is 16.4. The van der Waals surface area contributed by atoms with Crippen molar-refractivity contribution in [1.29, 1.82) is 0 Å². The van der Waals surface area contributed by atoms with Crippen LogP contribution in [0.3, 0.4) is 0 Å². The first-order chi connectivity index (χ1) is 8.61. The summed E-state index contributed by atoms with van der Waals surface area (Å²) in [5.74, 6) is 0.937. The maximum absolute atomic E-state index is 6.10. The number of hydrogen-bond acceptors (Lipinski definition) is 3. The first-order valence-corrected chi connectivity index (χ1v) is 13.6. The Morgan fingerprint density at radius 1 is 0.947 bits per heavy atom. The van der Waals surface area contributed by atoms with Crippen LogP contribution in [-0.2, 0) is 4.43 Å². The van der Waals surface area contributed by atoms with E-state index in [9.17, 15) is 0 Å². The van der Waals surface area contributed by atoms with Crippen LogP contribution in [0.2, 0.25) is 39.3 Å². The van der Waals surface area contributed by atoms with Crippen molar-refractivity contribution in [3.8, 4) is 5.75 Å². The third kappa shape index (κ3) is 6.38. The van der Waals surface area contributed by atoms with Crippen molar-refractivity contribution in [2.45, 2.75) is 45.4 Å². The molecule has 0 saturated heterocycles. The lowest BCUT2D eigenvalue weighted by atomic mass is 10.1. The third-order valence-corrected chi connectivity index (χ3v) is 4.23. The summed E-state index contributed by atoms with van der Waals surface area (Å²) in [6, 6.07) is 8.16. The second kappa shape index (κ2) is 6.22. The van der Waals surface area contributed by atoms with Crippen molar-refractivity contribution in [2.75, 3.05) is 6.54 Å². The van der Waals surface area contributed by atoms with Gasteiger partial charge in [0.25, 0.3) is 0 Å². The molecular weight excluding hydrogens is 270 g/mol. The van der Waals surface area contributed by atoms with Crippen LogP contribution in [0.15, 0.2) is 24.3 Å². The molecule has 0 amide bonds. The van der Waals surface area contributed by atoms with Gasteiger partial charge in [0.1, 0.15) is 5.75 Å². The van der Waals surface area contributed by atoms with Crippen LogP contribution in [0.25, 0.3) is 0 Å². The number of nitrogens with two attached hydrogens (primary N) is 1. The molecule has 0 aliphatic carbocycles. The monoisotopic (exact) mass is 297 g/mol. The molecule has 0 fully saturated rings. The van der Waals surface area contributed by atoms with E-state index >= 15 is 0 Å². The summed E-state index contributed by atoms with van der Waals surface area (Å²) >= 11 is 0. The summed E-state index contributed by atoms with van der Waals surface area (Å²) in [5.41, 5.74) is 6.96. The van der Waals surface area contributed by atoms with Gasteiger partial charge in [-0.1, -0.05) is 12.1 Å². The normalized spacial score (nSPS) is 14.3. The van der Waals surface area contributed by atoms with Crippen molar-refractivity contribution < 1.29 is 8.85 Å². The molecule has 108 valence electrons. The molecule has 1 rings (SSSR count). The van der Waals surface area contributed by atoms with E-state index in [-0.39, 0.29) is 6.10 Å². The number of benzene rings is 1. The Labute approximate surface area is 119 Å². The van der Waals surface area contributed by atoms with Crippen LogP contribution >= 0.6 is 0 Å². The molecule has 2 N–H and O–H groups in total. The zero-order chi connectivity index (χ0) is 14.7. The Morgan fingerprint density at radius 2 is 1.47 bits per heavy atom. The lowest BCUT2D eigenvalue weighted by Crippen LogP contribution is -2.31. The van der Waals surface area contributed by atoms with Gasteiger partial charge in [-0.05, 0) is 57.0 Å². The maximum Gasteiger partial charge on any atom is 0.242 e. The second-order valence-corrected chi connectivity index (χ2v) is 15.6. The predicted octanol–water partition coefficient (Wildman–Crippen LogP) is 3.75. The fourth-order valence-corrected chi connectivity index (χ4v) is 3.71. The van der Waals surface area contributed by atoms with E-state index in [2.05, 4.69) is 51.4 Å². The molecule has 1 aromatic rings. The Balaban J connectivity index is 2.79. The van der Waals surface area contributed by atoms with Crippen LogP contribution in [-0.4, -0.2) is 23.2 Å². The third-order valence-electron chi connectivity index (χ3n) is 2.39. The minimum Gasteiger partial charge on any atom is -0.544 e. The summed E-state index contributed by atoms with van der Waals surface area (Å²) in [4.78, 5) is 0. The Morgan fingerprint density at radius 3 is 1.84 bits per heavy atom. The molecule has 0 spiro atoms. The molecule has 3 nitrogen and oxygen atoms in total. The van der Waals surface area contributed by atoms with E-state index in [1.807, 2.05) is 12.1 Å². The largest absolute Gasteiger partial charge is 0.544 e. The summed E-state index contributed by atoms with van der Waals surface area (Å²) in [5, 5.41) is 0. The fraction of sp³-hybridized carbons (Fsp3) is 0.571. The SMILES string of the molecule is C[Si](C)(C)Oc1ccc(C(CN)O[Si](C)(C)C)cc1. The molecule has 0 aliphatic heterocycles. The highest BCUT2D eigenvalue weighted by Gasteiger charge is 2.22. The van der Waals surface area contributed by atoms with Crippen molar-refractivity contribution in [3.05, 3.63) is 29.8 Å². The van der Waals surface area contributed by atoms with E-state index in [0.29, 0.717) is 6.54 Å². The first-order valence-electron chi connectivity index (χ1n) is 6.77. The maximum atomic E-state index is 6.10. The fourth-order valence-electron chi connectivity index (χ4n) is 1.78. The van der Waals surface area contributed by atoms with Gasteiger partial charge in [0.15, 0.2) is 8.32 Å². The Hall–Kier alpha value is -0.626. The lowest BCUT2D eigenvalue weighted by molar-refractivity contribution is 0.206. The van der Waals surface area contributed by atoms with Gasteiger partial charge in [-0.3, -0.25) is 0 Å². The molecule has 0 aromatic heterocycles. The minimum atomic E-state index is -1.58. The molecule has 1 atom stereocenters. The molecule has 1 unspecified atom stereocenters. The van der Waals surface area contributed by atoms with Gasteiger partial charge in [-0.2, -0.15) is 0 Å². The van der Waals surface area contributed by atoms with E-state index < -0.39 is 16.6 Å². The standard InChI is InChI=1S/C14H27NO2Si2/c1-18(2,3)16-13-9-7-12(8-10-13)14(11-15)17-19(4,5)6/h7-10,14H,11,15H2,1-6H3. The topological polar surface area (TPSA) is 44.5 Å². The van der Waals surface area contributed by atoms with Gasteiger partial charge >= 0.3 is 0 Å². The number of hydrogen-bond donors (Lipinski definition) is 1. The molecular formula is C14H27NO2Si2. The van der Waals surface area contributed by atoms with Crippen LogP contribution in [0.5, 0.6) is 5.75 Å². The van der Waals surface area contributed by atoms with Crippen molar-refractivity contribution in [1.82, 2.24) is 0 Å². The van der Waals surface area contributed by atoms with Crippen LogP contribution in [0, 0.1) is 0 Å². The van der Waals surface area contributed by atoms with Crippen LogP contribution in [0.1, 0.15) is 11.7 Å². The molecule has 19 heavy (non-hydrogen) atoms. The minimum absolute atomic E-state index is 0.00685. The summed E-state index contributed by atoms with van der Waals surface area (Å²) < 4.78 is 12.0. The highest BCUT2D eigenvalue weighted by molar-refractivity contribution is 6.70. The average molecular weight is 298 g/mol. The summed E-state index contributed by atoms with van der Waals surface area (Å²) in [6.45, 7) is 13.6. The van der Waals surface area contributed by atoms with Crippen molar-refractivity contribution in [3.63, 3.8) is 0 Å². The van der Waals surface area contributed by atoms with Crippen LogP contribution in [0.4, 0.5) is 0 Å². The van der Waals surface area contributed by atoms with Gasteiger partial charge in [0.2, 0.25) is 8.32 Å². The molecule has 0 bridgehead atoms. The molecule has 0 heterocycles. The molecule has 0 radical (unpaired) electrons. The molecule has 0 saturated carbocycles. The lowest BCUT2D eigenvalue weighted by Gasteiger charge is -2.26. The van der Waals surface area contributed by atoms with Gasteiger partial charge in [-0.15, -0.1) is 0 Å². The van der Waals surface area contributed by atoms with Crippen molar-refractivity contribution >= 4 is 16.6 Å². The molecule has 1 aromatic carbocycles. The highest BCUT2D eigenvalue weighted by Crippen LogP contribution is 2.24. The Bertz CT molecular complexity index is 393. The predicted molar refractivity (Wildman–Crippen MR) is 86.6 cm³/mol. The summed E-state index contributed by atoms with van der Waals surface area (Å²) in [7, 11) is -3.12. The summed E-state index contributed by atoms with van der Waals surface area (Å²) in [6.07, 6.45) is -0.00685. The van der Waals surface area contributed by atoms with E-state index in [0.717, 1.165) is 11.3 Å². The molecule has 5 heteroatoms. The molecule has 0 aliphatic rings. The van der Waals surface area contributed by atoms with Gasteiger partial charge in [0, 0.05) is 6.54 Å². The van der Waals surface area contributed by atoms with Gasteiger partial charge in [-0.25, -0.2) is 0 Å². The number of rotatable bonds is 6. The average Bonchev–Trinajstić information content (AvgIpc) is 2.23.